The Hall–Kier alpha value is -3.87. The Kier molecular flexibility index (Phi) is 7.72. The Morgan fingerprint density at radius 2 is 1.93 bits per heavy atom. The molecule has 3 heterocycles. The summed E-state index contributed by atoms with van der Waals surface area (Å²) in [6.45, 7) is 8.26. The van der Waals surface area contributed by atoms with E-state index in [9.17, 15) is 26.4 Å². The number of sulfonamides is 1. The quantitative estimate of drug-likeness (QED) is 0.381. The summed E-state index contributed by atoms with van der Waals surface area (Å²) >= 11 is 0. The van der Waals surface area contributed by atoms with Crippen LogP contribution < -0.4 is 20.1 Å². The van der Waals surface area contributed by atoms with Gasteiger partial charge in [0, 0.05) is 20.5 Å². The third-order valence-corrected chi connectivity index (χ3v) is 7.77. The minimum atomic E-state index is -4.62. The van der Waals surface area contributed by atoms with Crippen LogP contribution in [0.15, 0.2) is 53.6 Å². The average Bonchev–Trinajstić information content (AvgIpc) is 3.14. The number of carbonyl (C=O) groups is 1. The Balaban J connectivity index is 0.00000308. The molecule has 1 amide bonds. The molecule has 1 aliphatic heterocycles. The zero-order valence-electron chi connectivity index (χ0n) is 22.4. The molecular formula is C27H34F3N5O4S. The Morgan fingerprint density at radius 1 is 1.20 bits per heavy atom. The van der Waals surface area contributed by atoms with Crippen molar-refractivity contribution in [2.45, 2.75) is 50.9 Å². The van der Waals surface area contributed by atoms with Crippen LogP contribution in [-0.2, 0) is 16.2 Å². The molecule has 3 N–H and O–H groups in total. The van der Waals surface area contributed by atoms with Gasteiger partial charge >= 0.3 is 6.18 Å². The molecule has 0 spiro atoms. The van der Waals surface area contributed by atoms with Crippen molar-refractivity contribution >= 4 is 27.6 Å². The number of pyridine rings is 2. The first-order valence-corrected chi connectivity index (χ1v) is 14.0. The summed E-state index contributed by atoms with van der Waals surface area (Å²) in [6, 6.07) is 10.0. The first-order valence-electron chi connectivity index (χ1n) is 12.5. The molecule has 0 bridgehead atoms. The van der Waals surface area contributed by atoms with Gasteiger partial charge in [-0.3, -0.25) is 4.79 Å². The lowest BCUT2D eigenvalue weighted by molar-refractivity contribution is -0.137. The molecule has 40 heavy (non-hydrogen) atoms. The number of nitrogens with one attached hydrogen (secondary N) is 1. The number of nitrogens with two attached hydrogens (primary N) is 1. The van der Waals surface area contributed by atoms with Crippen LogP contribution in [0.2, 0.25) is 0 Å². The van der Waals surface area contributed by atoms with Crippen LogP contribution >= 0.6 is 0 Å². The zero-order valence-corrected chi connectivity index (χ0v) is 23.2. The van der Waals surface area contributed by atoms with E-state index in [-0.39, 0.29) is 49.6 Å². The van der Waals surface area contributed by atoms with E-state index in [0.717, 1.165) is 18.6 Å². The largest absolute Gasteiger partial charge is 0.494 e. The van der Waals surface area contributed by atoms with E-state index in [1.165, 1.54) is 36.4 Å². The van der Waals surface area contributed by atoms with Crippen LogP contribution in [0.4, 0.5) is 24.8 Å². The maximum atomic E-state index is 13.7. The molecule has 0 saturated carbocycles. The van der Waals surface area contributed by atoms with E-state index < -0.39 is 38.2 Å². The molecule has 9 nitrogen and oxygen atoms in total. The van der Waals surface area contributed by atoms with Gasteiger partial charge in [0.05, 0.1) is 23.4 Å². The number of hydrogen-bond donors (Lipinski definition) is 2. The highest BCUT2D eigenvalue weighted by molar-refractivity contribution is 7.90. The normalized spacial score (nSPS) is 17.1. The fourth-order valence-corrected chi connectivity index (χ4v) is 5.86. The van der Waals surface area contributed by atoms with Crippen molar-refractivity contribution in [2.75, 3.05) is 23.8 Å². The van der Waals surface area contributed by atoms with Crippen molar-refractivity contribution < 1.29 is 34.0 Å². The number of rotatable bonds is 7. The third kappa shape index (κ3) is 6.14. The van der Waals surface area contributed by atoms with Gasteiger partial charge in [0.25, 0.3) is 15.9 Å². The summed E-state index contributed by atoms with van der Waals surface area (Å²) in [5.74, 6) is -0.617. The van der Waals surface area contributed by atoms with E-state index >= 15 is 0 Å². The lowest BCUT2D eigenvalue weighted by Gasteiger charge is -2.34. The Labute approximate surface area is 233 Å². The molecule has 0 unspecified atom stereocenters. The number of benzene rings is 1. The fourth-order valence-electron chi connectivity index (χ4n) is 4.92. The molecule has 1 aliphatic rings. The van der Waals surface area contributed by atoms with Gasteiger partial charge in [-0.25, -0.2) is 14.7 Å². The van der Waals surface area contributed by atoms with Crippen molar-refractivity contribution in [3.63, 3.8) is 0 Å². The van der Waals surface area contributed by atoms with Gasteiger partial charge in [-0.15, -0.1) is 0 Å². The molecular weight excluding hydrogens is 547 g/mol. The number of halogens is 3. The minimum absolute atomic E-state index is 0. The standard InChI is InChI=1S/C27H30F3N5O4S.2H2/c1-5-39-19-12-17(11-18(13-19)27(28,29)30)21-10-9-20(24(32-21)35-15-16(2)14-26(35,3)4)25(36)34-40(37,38)23-8-6-7-22(31)33-23;;/h6-13,16H,5,14-15H2,1-4H3,(H2,31,33)(H,34,36);2*1H/t16-;;/m0../s1. The molecule has 1 aromatic carbocycles. The Bertz CT molecular complexity index is 1550. The number of nitrogens with zero attached hydrogens (tertiary/aromatic N) is 3. The lowest BCUT2D eigenvalue weighted by Crippen LogP contribution is -2.41. The highest BCUT2D eigenvalue weighted by Gasteiger charge is 2.39. The first kappa shape index (κ1) is 29.1. The van der Waals surface area contributed by atoms with Crippen LogP contribution in [0.25, 0.3) is 11.3 Å². The molecule has 13 heteroatoms. The van der Waals surface area contributed by atoms with E-state index in [2.05, 4.69) is 9.97 Å². The highest BCUT2D eigenvalue weighted by Crippen LogP contribution is 2.40. The molecule has 2 aromatic heterocycles. The van der Waals surface area contributed by atoms with E-state index in [0.29, 0.717) is 6.54 Å². The number of nitrogen functional groups attached to an aromatic ring is 1. The smallest absolute Gasteiger partial charge is 0.416 e. The molecule has 1 saturated heterocycles. The topological polar surface area (TPSA) is 128 Å². The van der Waals surface area contributed by atoms with Crippen molar-refractivity contribution in [1.29, 1.82) is 0 Å². The summed E-state index contributed by atoms with van der Waals surface area (Å²) in [5, 5.41) is -0.436. The van der Waals surface area contributed by atoms with Gasteiger partial charge in [-0.1, -0.05) is 13.0 Å². The lowest BCUT2D eigenvalue weighted by atomic mass is 9.97. The summed E-state index contributed by atoms with van der Waals surface area (Å²) in [6.07, 6.45) is -3.87. The van der Waals surface area contributed by atoms with Gasteiger partial charge in [0.1, 0.15) is 17.4 Å². The number of amides is 1. The maximum absolute atomic E-state index is 13.7. The predicted molar refractivity (Wildman–Crippen MR) is 149 cm³/mol. The molecule has 4 rings (SSSR count). The number of aromatic nitrogens is 2. The molecule has 1 fully saturated rings. The van der Waals surface area contributed by atoms with Crippen LogP contribution in [0.3, 0.4) is 0 Å². The van der Waals surface area contributed by atoms with Crippen LogP contribution in [0.5, 0.6) is 5.75 Å². The average molecular weight is 582 g/mol. The SMILES string of the molecule is CCOc1cc(-c2ccc(C(=O)NS(=O)(=O)c3cccc(N)n3)c(N3C[C@@H](C)CC3(C)C)n2)cc(C(F)(F)F)c1.[HH].[HH]. The van der Waals surface area contributed by atoms with E-state index in [1.807, 2.05) is 30.4 Å². The summed E-state index contributed by atoms with van der Waals surface area (Å²) in [7, 11) is -4.38. The van der Waals surface area contributed by atoms with Crippen molar-refractivity contribution in [3.8, 4) is 17.0 Å². The number of carbonyl (C=O) groups excluding carboxylic acids is 1. The van der Waals surface area contributed by atoms with Gasteiger partial charge < -0.3 is 15.4 Å². The van der Waals surface area contributed by atoms with Crippen molar-refractivity contribution in [3.05, 3.63) is 59.7 Å². The van der Waals surface area contributed by atoms with Gasteiger partial charge in [-0.05, 0) is 75.6 Å². The summed E-state index contributed by atoms with van der Waals surface area (Å²) in [4.78, 5) is 23.7. The van der Waals surface area contributed by atoms with Gasteiger partial charge in [0.2, 0.25) is 0 Å². The monoisotopic (exact) mass is 581 g/mol. The van der Waals surface area contributed by atoms with E-state index in [4.69, 9.17) is 10.5 Å². The van der Waals surface area contributed by atoms with Crippen LogP contribution in [-0.4, -0.2) is 43.0 Å². The number of hydrogen-bond acceptors (Lipinski definition) is 8. The number of ether oxygens (including phenoxy) is 1. The predicted octanol–water partition coefficient (Wildman–Crippen LogP) is 5.38. The summed E-state index contributed by atoms with van der Waals surface area (Å²) < 4.78 is 74.1. The summed E-state index contributed by atoms with van der Waals surface area (Å²) in [5.41, 5.74) is 4.45. The highest BCUT2D eigenvalue weighted by atomic mass is 32.2. The maximum Gasteiger partial charge on any atom is 0.416 e. The second-order valence-corrected chi connectivity index (χ2v) is 11.9. The van der Waals surface area contributed by atoms with E-state index in [1.54, 1.807) is 6.92 Å². The fraction of sp³-hybridized carbons (Fsp3) is 0.370. The molecule has 0 aliphatic carbocycles. The second kappa shape index (κ2) is 10.6. The minimum Gasteiger partial charge on any atom is -0.494 e. The molecule has 3 aromatic rings. The van der Waals surface area contributed by atoms with Gasteiger partial charge in [-0.2, -0.15) is 21.6 Å². The first-order chi connectivity index (χ1) is 18.6. The van der Waals surface area contributed by atoms with Crippen LogP contribution in [0, 0.1) is 5.92 Å². The molecule has 218 valence electrons. The Morgan fingerprint density at radius 3 is 2.52 bits per heavy atom. The van der Waals surface area contributed by atoms with Crippen molar-refractivity contribution in [2.24, 2.45) is 5.92 Å². The zero-order chi connectivity index (χ0) is 29.5. The van der Waals surface area contributed by atoms with Crippen LogP contribution in [0.1, 0.15) is 52.9 Å². The third-order valence-electron chi connectivity index (χ3n) is 6.54. The molecule has 1 atom stereocenters. The second-order valence-electron chi connectivity index (χ2n) is 10.3. The van der Waals surface area contributed by atoms with Crippen molar-refractivity contribution in [1.82, 2.24) is 14.7 Å². The molecule has 0 radical (unpaired) electrons. The number of anilines is 2. The van der Waals surface area contributed by atoms with Gasteiger partial charge in [0.15, 0.2) is 5.03 Å². The number of alkyl halides is 3.